The molecule has 9 heteroatoms. The van der Waals surface area contributed by atoms with Gasteiger partial charge in [0.1, 0.15) is 5.75 Å². The van der Waals surface area contributed by atoms with E-state index in [4.69, 9.17) is 16.3 Å². The van der Waals surface area contributed by atoms with Crippen LogP contribution in [-0.2, 0) is 0 Å². The third kappa shape index (κ3) is 10.1. The maximum absolute atomic E-state index is 12.9. The Balaban J connectivity index is 0.000000266. The Morgan fingerprint density at radius 1 is 0.673 bits per heavy atom. The van der Waals surface area contributed by atoms with Crippen molar-refractivity contribution in [3.63, 3.8) is 0 Å². The number of carbonyl (C=O) groups excluding carboxylic acids is 2. The summed E-state index contributed by atoms with van der Waals surface area (Å²) in [7, 11) is 9.64. The highest BCUT2D eigenvalue weighted by Gasteiger charge is 2.35. The molecular weight excluding hydrogens is 652 g/mol. The second kappa shape index (κ2) is 17.7. The zero-order valence-electron chi connectivity index (χ0n) is 30.4. The van der Waals surface area contributed by atoms with Gasteiger partial charge in [-0.25, -0.2) is 0 Å². The molecule has 0 bridgehead atoms. The van der Waals surface area contributed by atoms with Crippen molar-refractivity contribution in [1.82, 2.24) is 20.4 Å². The molecule has 0 heterocycles. The van der Waals surface area contributed by atoms with Crippen LogP contribution in [0.15, 0.2) is 108 Å². The number of thioether (sulfide) groups is 1. The minimum absolute atomic E-state index is 0.0382. The first kappa shape index (κ1) is 39.6. The lowest BCUT2D eigenvalue weighted by Gasteiger charge is -2.41. The Hall–Kier alpha value is -3.82. The molecule has 0 saturated heterocycles. The normalized spacial score (nSPS) is 12.8. The van der Waals surface area contributed by atoms with Crippen LogP contribution in [0.5, 0.6) is 5.75 Å². The first-order valence-corrected chi connectivity index (χ1v) is 17.8. The van der Waals surface area contributed by atoms with E-state index in [2.05, 4.69) is 60.3 Å². The van der Waals surface area contributed by atoms with Crippen molar-refractivity contribution in [3.05, 3.63) is 130 Å². The van der Waals surface area contributed by atoms with Crippen LogP contribution in [0.1, 0.15) is 71.6 Å². The Bertz CT molecular complexity index is 1660. The quantitative estimate of drug-likeness (QED) is 0.145. The Labute approximate surface area is 302 Å². The second-order valence-electron chi connectivity index (χ2n) is 13.3. The molecule has 2 atom stereocenters. The van der Waals surface area contributed by atoms with Crippen molar-refractivity contribution in [1.29, 1.82) is 0 Å². The van der Waals surface area contributed by atoms with Crippen molar-refractivity contribution < 1.29 is 14.3 Å². The first-order chi connectivity index (χ1) is 23.1. The smallest absolute Gasteiger partial charge is 0.253 e. The van der Waals surface area contributed by atoms with Crippen LogP contribution in [0.25, 0.3) is 0 Å². The van der Waals surface area contributed by atoms with E-state index in [1.54, 1.807) is 37.1 Å². The number of likely N-dealkylation sites (N-methyl/N-ethyl adjacent to an activating group) is 2. The molecule has 0 aliphatic heterocycles. The summed E-state index contributed by atoms with van der Waals surface area (Å²) >= 11 is 7.82. The van der Waals surface area contributed by atoms with Crippen LogP contribution >= 0.6 is 23.4 Å². The van der Waals surface area contributed by atoms with Gasteiger partial charge in [-0.15, -0.1) is 11.8 Å². The number of nitrogens with one attached hydrogen (secondary N) is 2. The number of hydrogen-bond donors (Lipinski definition) is 2. The molecule has 0 aromatic heterocycles. The molecule has 0 aliphatic rings. The fourth-order valence-electron chi connectivity index (χ4n) is 5.20. The highest BCUT2D eigenvalue weighted by molar-refractivity contribution is 7.98. The lowest BCUT2D eigenvalue weighted by molar-refractivity contribution is 0.0833. The van der Waals surface area contributed by atoms with E-state index in [0.29, 0.717) is 16.3 Å². The van der Waals surface area contributed by atoms with Crippen LogP contribution in [0.2, 0.25) is 5.02 Å². The third-order valence-electron chi connectivity index (χ3n) is 9.30. The summed E-state index contributed by atoms with van der Waals surface area (Å²) in [5.41, 5.74) is 2.73. The van der Waals surface area contributed by atoms with Gasteiger partial charge in [0, 0.05) is 16.0 Å². The van der Waals surface area contributed by atoms with Gasteiger partial charge in [-0.3, -0.25) is 9.59 Å². The summed E-state index contributed by atoms with van der Waals surface area (Å²) in [6, 6.07) is 32.5. The zero-order chi connectivity index (χ0) is 36.4. The maximum atomic E-state index is 12.9. The number of nitrogens with zero attached hydrogens (tertiary/aromatic N) is 2. The van der Waals surface area contributed by atoms with Crippen LogP contribution < -0.4 is 15.4 Å². The van der Waals surface area contributed by atoms with E-state index >= 15 is 0 Å². The topological polar surface area (TPSA) is 73.9 Å². The minimum Gasteiger partial charge on any atom is -0.497 e. The van der Waals surface area contributed by atoms with Crippen molar-refractivity contribution in [2.75, 3.05) is 41.6 Å². The minimum atomic E-state index is -0.303. The summed E-state index contributed by atoms with van der Waals surface area (Å²) in [6.07, 6.45) is 1.99. The van der Waals surface area contributed by atoms with Gasteiger partial charge in [0.15, 0.2) is 0 Å². The van der Waals surface area contributed by atoms with E-state index in [0.717, 1.165) is 21.6 Å². The molecule has 7 nitrogen and oxygen atoms in total. The van der Waals surface area contributed by atoms with E-state index in [-0.39, 0.29) is 35.0 Å². The molecule has 0 radical (unpaired) electrons. The predicted molar refractivity (Wildman–Crippen MR) is 205 cm³/mol. The van der Waals surface area contributed by atoms with Gasteiger partial charge >= 0.3 is 0 Å². The van der Waals surface area contributed by atoms with Gasteiger partial charge in [-0.1, -0.05) is 84.4 Å². The number of benzene rings is 4. The highest BCUT2D eigenvalue weighted by atomic mass is 35.5. The molecule has 0 spiro atoms. The van der Waals surface area contributed by atoms with Crippen LogP contribution in [0.3, 0.4) is 0 Å². The van der Waals surface area contributed by atoms with Gasteiger partial charge in [0.25, 0.3) is 11.8 Å². The summed E-state index contributed by atoms with van der Waals surface area (Å²) in [6.45, 7) is 8.48. The summed E-state index contributed by atoms with van der Waals surface area (Å²) in [5.74, 6) is 0.328. The number of rotatable bonds is 12. The molecule has 0 saturated carbocycles. The average Bonchev–Trinajstić information content (AvgIpc) is 3.10. The molecule has 262 valence electrons. The number of amides is 2. The summed E-state index contributed by atoms with van der Waals surface area (Å²) in [4.78, 5) is 31.1. The Kier molecular flexibility index (Phi) is 14.3. The molecule has 49 heavy (non-hydrogen) atoms. The zero-order valence-corrected chi connectivity index (χ0v) is 31.9. The monoisotopic (exact) mass is 702 g/mol. The molecule has 4 rings (SSSR count). The van der Waals surface area contributed by atoms with Crippen LogP contribution in [-0.4, -0.2) is 74.2 Å². The molecule has 2 amide bonds. The largest absolute Gasteiger partial charge is 0.497 e. The summed E-state index contributed by atoms with van der Waals surface area (Å²) < 4.78 is 5.21. The van der Waals surface area contributed by atoms with Gasteiger partial charge in [-0.2, -0.15) is 0 Å². The fraction of sp³-hybridized carbons (Fsp3) is 0.350. The molecule has 0 fully saturated rings. The lowest BCUT2D eigenvalue weighted by Crippen LogP contribution is -2.50. The van der Waals surface area contributed by atoms with Crippen molar-refractivity contribution in [2.24, 2.45) is 0 Å². The number of carbonyl (C=O) groups is 2. The van der Waals surface area contributed by atoms with Crippen LogP contribution in [0.4, 0.5) is 0 Å². The van der Waals surface area contributed by atoms with Gasteiger partial charge in [0.05, 0.1) is 35.3 Å². The molecule has 2 unspecified atom stereocenters. The fourth-order valence-corrected chi connectivity index (χ4v) is 6.00. The van der Waals surface area contributed by atoms with Crippen molar-refractivity contribution in [2.45, 2.75) is 55.8 Å². The summed E-state index contributed by atoms with van der Waals surface area (Å²) in [5, 5.41) is 6.79. The van der Waals surface area contributed by atoms with Gasteiger partial charge in [0.2, 0.25) is 0 Å². The van der Waals surface area contributed by atoms with E-state index in [9.17, 15) is 9.59 Å². The standard InChI is InChI=1S/C20H25ClN2O2.C20H26N2OS/c1-20(2,23(3)4)18(14-9-7-6-8-10-14)22-19(24)16-13-15(25-5)11-12-17(16)21;1-20(2,22(3)4)18(15-11-7-6-8-12-15)21-19(23)16-13-9-10-14-17(16)24-5/h6-13,18H,1-5H3,(H,22,24);6-14,18H,1-5H3,(H,21,23). The number of halogens is 1. The van der Waals surface area contributed by atoms with Gasteiger partial charge < -0.3 is 25.2 Å². The third-order valence-corrected chi connectivity index (χ3v) is 10.4. The van der Waals surface area contributed by atoms with E-state index in [1.165, 1.54) is 0 Å². The maximum Gasteiger partial charge on any atom is 0.253 e. The molecular formula is C40H51ClN4O3S. The predicted octanol–water partition coefficient (Wildman–Crippen LogP) is 8.38. The van der Waals surface area contributed by atoms with E-state index in [1.807, 2.05) is 107 Å². The molecule has 2 N–H and O–H groups in total. The molecule has 0 aliphatic carbocycles. The molecule has 4 aromatic rings. The van der Waals surface area contributed by atoms with Crippen molar-refractivity contribution >= 4 is 35.2 Å². The lowest BCUT2D eigenvalue weighted by atomic mass is 9.87. The Morgan fingerprint density at radius 3 is 1.53 bits per heavy atom. The number of ether oxygens (including phenoxy) is 1. The average molecular weight is 703 g/mol. The molecule has 4 aromatic carbocycles. The Morgan fingerprint density at radius 2 is 1.10 bits per heavy atom. The second-order valence-corrected chi connectivity index (χ2v) is 14.5. The number of hydrogen-bond acceptors (Lipinski definition) is 6. The number of methoxy groups -OCH3 is 1. The van der Waals surface area contributed by atoms with E-state index < -0.39 is 0 Å². The SMILES string of the molecule is COc1ccc(Cl)c(C(=O)NC(c2ccccc2)C(C)(C)N(C)C)c1.CSc1ccccc1C(=O)NC(c1ccccc1)C(C)(C)N(C)C. The highest BCUT2D eigenvalue weighted by Crippen LogP contribution is 2.32. The van der Waals surface area contributed by atoms with Gasteiger partial charge in [-0.05, 0) is 104 Å². The van der Waals surface area contributed by atoms with Crippen molar-refractivity contribution in [3.8, 4) is 5.75 Å². The van der Waals surface area contributed by atoms with Crippen LogP contribution in [0, 0.1) is 0 Å². The first-order valence-electron chi connectivity index (χ1n) is 16.2.